The molecule has 98 valence electrons. The zero-order chi connectivity index (χ0) is 12.9. The van der Waals surface area contributed by atoms with Crippen molar-refractivity contribution in [1.82, 2.24) is 15.1 Å². The van der Waals surface area contributed by atoms with Crippen molar-refractivity contribution >= 4 is 11.6 Å². The van der Waals surface area contributed by atoms with E-state index in [0.717, 1.165) is 31.5 Å². The summed E-state index contributed by atoms with van der Waals surface area (Å²) in [4.78, 5) is 0. The van der Waals surface area contributed by atoms with Crippen molar-refractivity contribution in [1.29, 1.82) is 0 Å². The van der Waals surface area contributed by atoms with Crippen LogP contribution in [-0.2, 0) is 6.54 Å². The van der Waals surface area contributed by atoms with Crippen LogP contribution in [0.1, 0.15) is 31.9 Å². The minimum absolute atomic E-state index is 0.162. The van der Waals surface area contributed by atoms with Gasteiger partial charge in [-0.1, -0.05) is 18.5 Å². The van der Waals surface area contributed by atoms with E-state index in [9.17, 15) is 5.11 Å². The monoisotopic (exact) mass is 259 g/mol. The molecule has 0 saturated heterocycles. The lowest BCUT2D eigenvalue weighted by Gasteiger charge is -2.30. The Bertz CT molecular complexity index is 339. The van der Waals surface area contributed by atoms with Crippen LogP contribution in [0.2, 0.25) is 5.02 Å². The van der Waals surface area contributed by atoms with Crippen LogP contribution in [0.3, 0.4) is 0 Å². The number of aliphatic hydroxyl groups excluding tert-OH is 1. The third-order valence-electron chi connectivity index (χ3n) is 3.58. The van der Waals surface area contributed by atoms with E-state index in [2.05, 4.69) is 17.3 Å². The van der Waals surface area contributed by atoms with Gasteiger partial charge < -0.3 is 10.4 Å². The summed E-state index contributed by atoms with van der Waals surface area (Å²) in [7, 11) is 1.90. The van der Waals surface area contributed by atoms with Crippen LogP contribution in [0.15, 0.2) is 6.20 Å². The third kappa shape index (κ3) is 3.44. The van der Waals surface area contributed by atoms with Crippen LogP contribution in [0.25, 0.3) is 0 Å². The van der Waals surface area contributed by atoms with Crippen molar-refractivity contribution < 1.29 is 5.11 Å². The van der Waals surface area contributed by atoms with Crippen molar-refractivity contribution in [2.24, 2.45) is 0 Å². The lowest BCUT2D eigenvalue weighted by molar-refractivity contribution is 0.150. The van der Waals surface area contributed by atoms with Crippen LogP contribution in [0.4, 0.5) is 0 Å². The summed E-state index contributed by atoms with van der Waals surface area (Å²) >= 11 is 5.94. The van der Waals surface area contributed by atoms with Gasteiger partial charge in [0.2, 0.25) is 0 Å². The number of nitrogens with zero attached hydrogens (tertiary/aromatic N) is 2. The fraction of sp³-hybridized carbons (Fsp3) is 0.750. The van der Waals surface area contributed by atoms with Gasteiger partial charge in [0.15, 0.2) is 0 Å². The van der Waals surface area contributed by atoms with Crippen molar-refractivity contribution in [3.63, 3.8) is 0 Å². The summed E-state index contributed by atoms with van der Waals surface area (Å²) < 4.78 is 1.91. The first-order valence-corrected chi connectivity index (χ1v) is 6.44. The van der Waals surface area contributed by atoms with Crippen molar-refractivity contribution in [3.8, 4) is 0 Å². The summed E-state index contributed by atoms with van der Waals surface area (Å²) in [5, 5.41) is 17.6. The first-order valence-electron chi connectivity index (χ1n) is 6.06. The minimum atomic E-state index is -0.162. The summed E-state index contributed by atoms with van der Waals surface area (Å²) in [6, 6.07) is 0. The molecule has 0 aliphatic heterocycles. The maximum atomic E-state index is 9.43. The second kappa shape index (κ2) is 6.38. The van der Waals surface area contributed by atoms with E-state index < -0.39 is 0 Å². The molecule has 0 fully saturated rings. The molecule has 0 bridgehead atoms. The number of aliphatic hydroxyl groups is 1. The van der Waals surface area contributed by atoms with Gasteiger partial charge in [0.1, 0.15) is 0 Å². The largest absolute Gasteiger partial charge is 0.394 e. The normalized spacial score (nSPS) is 14.9. The Labute approximate surface area is 108 Å². The van der Waals surface area contributed by atoms with E-state index in [1.165, 1.54) is 0 Å². The van der Waals surface area contributed by atoms with Crippen molar-refractivity contribution in [3.05, 3.63) is 16.9 Å². The number of halogens is 1. The highest BCUT2D eigenvalue weighted by atomic mass is 35.5. The average Bonchev–Trinajstić information content (AvgIpc) is 2.67. The molecular weight excluding hydrogens is 238 g/mol. The topological polar surface area (TPSA) is 50.1 Å². The molecule has 0 radical (unpaired) electrons. The number of hydrogen-bond donors (Lipinski definition) is 2. The van der Waals surface area contributed by atoms with E-state index in [-0.39, 0.29) is 12.1 Å². The Kier molecular flexibility index (Phi) is 5.43. The minimum Gasteiger partial charge on any atom is -0.394 e. The molecule has 4 nitrogen and oxygen atoms in total. The number of aromatic nitrogens is 2. The van der Waals surface area contributed by atoms with Gasteiger partial charge in [0, 0.05) is 12.1 Å². The molecule has 0 aliphatic rings. The quantitative estimate of drug-likeness (QED) is 0.787. The third-order valence-corrected chi connectivity index (χ3v) is 3.95. The maximum absolute atomic E-state index is 9.43. The van der Waals surface area contributed by atoms with Gasteiger partial charge >= 0.3 is 0 Å². The molecule has 2 N–H and O–H groups in total. The maximum Gasteiger partial charge on any atom is 0.0814 e. The van der Waals surface area contributed by atoms with Crippen LogP contribution < -0.4 is 5.32 Å². The van der Waals surface area contributed by atoms with Crippen LogP contribution in [-0.4, -0.2) is 34.1 Å². The summed E-state index contributed by atoms with van der Waals surface area (Å²) in [5.41, 5.74) is 0.840. The predicted molar refractivity (Wildman–Crippen MR) is 70.4 cm³/mol. The van der Waals surface area contributed by atoms with Gasteiger partial charge in [0.05, 0.1) is 23.5 Å². The molecule has 0 amide bonds. The molecule has 5 heteroatoms. The Morgan fingerprint density at radius 2 is 2.29 bits per heavy atom. The number of rotatable bonds is 7. The van der Waals surface area contributed by atoms with E-state index in [4.69, 9.17) is 11.6 Å². The zero-order valence-electron chi connectivity index (χ0n) is 10.8. The average molecular weight is 260 g/mol. The molecule has 1 heterocycles. The lowest BCUT2D eigenvalue weighted by Crippen LogP contribution is -2.46. The number of hydrogen-bond acceptors (Lipinski definition) is 3. The van der Waals surface area contributed by atoms with Crippen LogP contribution in [0, 0.1) is 6.92 Å². The van der Waals surface area contributed by atoms with Gasteiger partial charge in [-0.05, 0) is 33.2 Å². The predicted octanol–water partition coefficient (Wildman–Crippen LogP) is 1.99. The smallest absolute Gasteiger partial charge is 0.0814 e. The molecule has 0 saturated carbocycles. The number of likely N-dealkylation sites (N-methyl/N-ethyl adjacent to an activating group) is 1. The summed E-state index contributed by atoms with van der Waals surface area (Å²) in [6.45, 7) is 5.05. The molecule has 1 aromatic rings. The second-order valence-electron chi connectivity index (χ2n) is 4.45. The lowest BCUT2D eigenvalue weighted by atomic mass is 9.91. The number of aryl methyl sites for hydroxylation is 1. The van der Waals surface area contributed by atoms with Gasteiger partial charge in [-0.15, -0.1) is 0 Å². The molecule has 0 aliphatic carbocycles. The molecule has 1 atom stereocenters. The zero-order valence-corrected chi connectivity index (χ0v) is 11.6. The Morgan fingerprint density at radius 1 is 1.59 bits per heavy atom. The first kappa shape index (κ1) is 14.5. The molecule has 17 heavy (non-hydrogen) atoms. The summed E-state index contributed by atoms with van der Waals surface area (Å²) in [5.74, 6) is 0. The molecule has 1 unspecified atom stereocenters. The highest BCUT2D eigenvalue weighted by Gasteiger charge is 2.24. The molecule has 1 aromatic heterocycles. The van der Waals surface area contributed by atoms with Gasteiger partial charge in [-0.25, -0.2) is 0 Å². The van der Waals surface area contributed by atoms with Gasteiger partial charge in [0.25, 0.3) is 0 Å². The van der Waals surface area contributed by atoms with Crippen LogP contribution in [0.5, 0.6) is 0 Å². The Balaban J connectivity index is 2.49. The highest BCUT2D eigenvalue weighted by molar-refractivity contribution is 6.31. The fourth-order valence-electron chi connectivity index (χ4n) is 1.96. The van der Waals surface area contributed by atoms with E-state index in [0.29, 0.717) is 5.02 Å². The standard InChI is InChI=1S/C12H22ClN3O/c1-4-12(9-17,14-3)6-5-7-16-10(2)11(13)8-15-16/h8,14,17H,4-7,9H2,1-3H3. The SMILES string of the molecule is CCC(CO)(CCCn1ncc(Cl)c1C)NC. The van der Waals surface area contributed by atoms with E-state index in [1.807, 2.05) is 18.7 Å². The Morgan fingerprint density at radius 3 is 2.71 bits per heavy atom. The van der Waals surface area contributed by atoms with E-state index in [1.54, 1.807) is 6.20 Å². The van der Waals surface area contributed by atoms with Crippen LogP contribution >= 0.6 is 11.6 Å². The second-order valence-corrected chi connectivity index (χ2v) is 4.85. The first-order chi connectivity index (χ1) is 8.08. The molecular formula is C12H22ClN3O. The fourth-order valence-corrected chi connectivity index (χ4v) is 2.11. The highest BCUT2D eigenvalue weighted by Crippen LogP contribution is 2.18. The van der Waals surface area contributed by atoms with Crippen molar-refractivity contribution in [2.45, 2.75) is 45.2 Å². The van der Waals surface area contributed by atoms with Crippen molar-refractivity contribution in [2.75, 3.05) is 13.7 Å². The van der Waals surface area contributed by atoms with Gasteiger partial charge in [-0.2, -0.15) is 5.10 Å². The molecule has 0 aromatic carbocycles. The molecule has 1 rings (SSSR count). The van der Waals surface area contributed by atoms with E-state index >= 15 is 0 Å². The Hall–Kier alpha value is -0.580. The number of nitrogens with one attached hydrogen (secondary N) is 1. The summed E-state index contributed by atoms with van der Waals surface area (Å²) in [6.07, 6.45) is 4.48. The molecule has 0 spiro atoms. The van der Waals surface area contributed by atoms with Gasteiger partial charge in [-0.3, -0.25) is 4.68 Å².